The van der Waals surface area contributed by atoms with Crippen LogP contribution in [0.15, 0.2) is 41.3 Å². The number of piperidine rings is 1. The molecule has 31 heavy (non-hydrogen) atoms. The fourth-order valence-electron chi connectivity index (χ4n) is 4.13. The Morgan fingerprint density at radius 2 is 1.84 bits per heavy atom. The lowest BCUT2D eigenvalue weighted by molar-refractivity contribution is -0.120. The second-order valence-electron chi connectivity index (χ2n) is 8.00. The average molecular weight is 445 g/mol. The largest absolute Gasteiger partial charge is 0.495 e. The van der Waals surface area contributed by atoms with Gasteiger partial charge in [0.15, 0.2) is 0 Å². The first-order valence-electron chi connectivity index (χ1n) is 10.9. The molecular formula is C24H32N2O4S. The number of hydrogen-bond donors (Lipinski definition) is 1. The summed E-state index contributed by atoms with van der Waals surface area (Å²) >= 11 is 0. The second-order valence-corrected chi connectivity index (χ2v) is 9.91. The zero-order chi connectivity index (χ0) is 22.6. The number of aryl methyl sites for hydroxylation is 3. The van der Waals surface area contributed by atoms with Gasteiger partial charge in [-0.15, -0.1) is 0 Å². The van der Waals surface area contributed by atoms with Crippen molar-refractivity contribution < 1.29 is 17.9 Å². The fourth-order valence-corrected chi connectivity index (χ4v) is 5.89. The highest BCUT2D eigenvalue weighted by Gasteiger charge is 2.35. The Morgan fingerprint density at radius 1 is 1.16 bits per heavy atom. The average Bonchev–Trinajstić information content (AvgIpc) is 2.79. The van der Waals surface area contributed by atoms with Crippen LogP contribution in [0.5, 0.6) is 5.75 Å². The van der Waals surface area contributed by atoms with E-state index in [1.54, 1.807) is 12.1 Å². The summed E-state index contributed by atoms with van der Waals surface area (Å²) in [5, 5.41) is 3.11. The molecule has 1 saturated heterocycles. The number of para-hydroxylation sites is 1. The van der Waals surface area contributed by atoms with E-state index in [4.69, 9.17) is 4.74 Å². The lowest BCUT2D eigenvalue weighted by atomic mass is 9.97. The van der Waals surface area contributed by atoms with E-state index < -0.39 is 15.9 Å². The van der Waals surface area contributed by atoms with E-state index in [2.05, 4.69) is 19.2 Å². The van der Waals surface area contributed by atoms with E-state index in [9.17, 15) is 13.2 Å². The maximum atomic E-state index is 13.4. The van der Waals surface area contributed by atoms with Crippen molar-refractivity contribution in [3.8, 4) is 5.75 Å². The van der Waals surface area contributed by atoms with Crippen molar-refractivity contribution in [1.29, 1.82) is 0 Å². The molecular weight excluding hydrogens is 412 g/mol. The fraction of sp³-hybridized carbons (Fsp3) is 0.458. The predicted octanol–water partition coefficient (Wildman–Crippen LogP) is 4.17. The van der Waals surface area contributed by atoms with Gasteiger partial charge in [-0.2, -0.15) is 4.31 Å². The molecule has 0 bridgehead atoms. The van der Waals surface area contributed by atoms with E-state index in [0.29, 0.717) is 25.1 Å². The molecule has 7 heteroatoms. The normalized spacial score (nSPS) is 17.4. The number of amides is 1. The van der Waals surface area contributed by atoms with Crippen LogP contribution in [0.1, 0.15) is 43.4 Å². The van der Waals surface area contributed by atoms with Crippen LogP contribution in [-0.2, 0) is 27.7 Å². The van der Waals surface area contributed by atoms with Crippen LogP contribution in [0.25, 0.3) is 0 Å². The SMILES string of the molecule is CCc1cccc(CC)c1NC(=O)[C@H]1CCCN(S(=O)(=O)c2cc(C)ccc2OC)C1. The molecule has 1 aliphatic heterocycles. The Morgan fingerprint density at radius 3 is 2.45 bits per heavy atom. The van der Waals surface area contributed by atoms with Gasteiger partial charge in [-0.1, -0.05) is 38.1 Å². The summed E-state index contributed by atoms with van der Waals surface area (Å²) in [4.78, 5) is 13.3. The van der Waals surface area contributed by atoms with Gasteiger partial charge in [-0.05, 0) is 61.4 Å². The summed E-state index contributed by atoms with van der Waals surface area (Å²) in [6.07, 6.45) is 2.95. The minimum atomic E-state index is -3.76. The monoisotopic (exact) mass is 444 g/mol. The van der Waals surface area contributed by atoms with E-state index in [1.807, 2.05) is 31.2 Å². The van der Waals surface area contributed by atoms with Gasteiger partial charge < -0.3 is 10.1 Å². The number of benzene rings is 2. The molecule has 3 rings (SSSR count). The second kappa shape index (κ2) is 9.83. The Balaban J connectivity index is 1.83. The molecule has 2 aromatic rings. The smallest absolute Gasteiger partial charge is 0.246 e. The van der Waals surface area contributed by atoms with Crippen LogP contribution in [-0.4, -0.2) is 38.8 Å². The molecule has 1 fully saturated rings. The van der Waals surface area contributed by atoms with E-state index in [1.165, 1.54) is 11.4 Å². The van der Waals surface area contributed by atoms with Crippen LogP contribution < -0.4 is 10.1 Å². The first kappa shape index (κ1) is 23.3. The van der Waals surface area contributed by atoms with Crippen LogP contribution >= 0.6 is 0 Å². The highest BCUT2D eigenvalue weighted by atomic mass is 32.2. The maximum absolute atomic E-state index is 13.4. The van der Waals surface area contributed by atoms with Gasteiger partial charge in [0, 0.05) is 18.8 Å². The number of nitrogens with one attached hydrogen (secondary N) is 1. The van der Waals surface area contributed by atoms with Gasteiger partial charge in [0.1, 0.15) is 10.6 Å². The Bertz CT molecular complexity index is 1030. The number of carbonyl (C=O) groups is 1. The molecule has 1 heterocycles. The number of rotatable bonds is 7. The minimum Gasteiger partial charge on any atom is -0.495 e. The summed E-state index contributed by atoms with van der Waals surface area (Å²) in [5.74, 6) is -0.192. The van der Waals surface area contributed by atoms with Crippen molar-refractivity contribution in [2.45, 2.75) is 51.3 Å². The molecule has 1 atom stereocenters. The number of nitrogens with zero attached hydrogens (tertiary/aromatic N) is 1. The summed E-state index contributed by atoms with van der Waals surface area (Å²) in [5.41, 5.74) is 3.90. The van der Waals surface area contributed by atoms with E-state index in [0.717, 1.165) is 35.2 Å². The predicted molar refractivity (Wildman–Crippen MR) is 123 cm³/mol. The van der Waals surface area contributed by atoms with Gasteiger partial charge in [-0.25, -0.2) is 8.42 Å². The first-order valence-corrected chi connectivity index (χ1v) is 12.3. The molecule has 0 radical (unpaired) electrons. The van der Waals surface area contributed by atoms with Crippen molar-refractivity contribution >= 4 is 21.6 Å². The number of sulfonamides is 1. The van der Waals surface area contributed by atoms with Gasteiger partial charge in [-0.3, -0.25) is 4.79 Å². The van der Waals surface area contributed by atoms with Crippen molar-refractivity contribution in [2.24, 2.45) is 5.92 Å². The number of methoxy groups -OCH3 is 1. The van der Waals surface area contributed by atoms with Crippen LogP contribution in [0, 0.1) is 12.8 Å². The molecule has 168 valence electrons. The zero-order valence-corrected chi connectivity index (χ0v) is 19.6. The first-order chi connectivity index (χ1) is 14.8. The molecule has 1 N–H and O–H groups in total. The summed E-state index contributed by atoms with van der Waals surface area (Å²) < 4.78 is 33.4. The molecule has 1 amide bonds. The van der Waals surface area contributed by atoms with Crippen LogP contribution in [0.2, 0.25) is 0 Å². The van der Waals surface area contributed by atoms with Gasteiger partial charge in [0.25, 0.3) is 0 Å². The summed E-state index contributed by atoms with van der Waals surface area (Å²) in [6, 6.07) is 11.2. The highest BCUT2D eigenvalue weighted by molar-refractivity contribution is 7.89. The molecule has 1 aliphatic rings. The zero-order valence-electron chi connectivity index (χ0n) is 18.8. The Hall–Kier alpha value is -2.38. The van der Waals surface area contributed by atoms with E-state index >= 15 is 0 Å². The molecule has 0 aromatic heterocycles. The summed E-state index contributed by atoms with van der Waals surface area (Å²) in [7, 11) is -2.30. The molecule has 2 aromatic carbocycles. The third kappa shape index (κ3) is 4.93. The van der Waals surface area contributed by atoms with E-state index in [-0.39, 0.29) is 17.3 Å². The van der Waals surface area contributed by atoms with Crippen molar-refractivity contribution in [1.82, 2.24) is 4.31 Å². The molecule has 6 nitrogen and oxygen atoms in total. The quantitative estimate of drug-likeness (QED) is 0.696. The van der Waals surface area contributed by atoms with Gasteiger partial charge >= 0.3 is 0 Å². The summed E-state index contributed by atoms with van der Waals surface area (Å²) in [6.45, 7) is 6.54. The topological polar surface area (TPSA) is 75.7 Å². The van der Waals surface area contributed by atoms with Crippen molar-refractivity contribution in [2.75, 3.05) is 25.5 Å². The van der Waals surface area contributed by atoms with Gasteiger partial charge in [0.05, 0.1) is 13.0 Å². The third-order valence-electron chi connectivity index (χ3n) is 5.94. The number of hydrogen-bond acceptors (Lipinski definition) is 4. The molecule has 0 spiro atoms. The standard InChI is InChI=1S/C24H32N2O4S/c1-5-18-9-7-10-19(6-2)23(18)25-24(27)20-11-8-14-26(16-20)31(28,29)22-15-17(3)12-13-21(22)30-4/h7,9-10,12-13,15,20H,5-6,8,11,14,16H2,1-4H3,(H,25,27)/t20-/m0/s1. The number of ether oxygens (including phenoxy) is 1. The number of carbonyl (C=O) groups excluding carboxylic acids is 1. The van der Waals surface area contributed by atoms with Crippen LogP contribution in [0.4, 0.5) is 5.69 Å². The number of anilines is 1. The lowest BCUT2D eigenvalue weighted by Gasteiger charge is -2.32. The van der Waals surface area contributed by atoms with Crippen LogP contribution in [0.3, 0.4) is 0 Å². The molecule has 0 saturated carbocycles. The molecule has 0 aliphatic carbocycles. The Kier molecular flexibility index (Phi) is 7.38. The molecule has 0 unspecified atom stereocenters. The Labute approximate surface area is 185 Å². The van der Waals surface area contributed by atoms with Crippen molar-refractivity contribution in [3.63, 3.8) is 0 Å². The lowest BCUT2D eigenvalue weighted by Crippen LogP contribution is -2.43. The third-order valence-corrected chi connectivity index (χ3v) is 7.83. The van der Waals surface area contributed by atoms with Gasteiger partial charge in [0.2, 0.25) is 15.9 Å². The minimum absolute atomic E-state index is 0.119. The maximum Gasteiger partial charge on any atom is 0.246 e. The highest BCUT2D eigenvalue weighted by Crippen LogP contribution is 2.31. The van der Waals surface area contributed by atoms with Crippen molar-refractivity contribution in [3.05, 3.63) is 53.1 Å².